The Morgan fingerprint density at radius 3 is 2.55 bits per heavy atom. The molecule has 0 fully saturated rings. The Bertz CT molecular complexity index is 822. The molecule has 2 N–H and O–H groups in total. The average Bonchev–Trinajstić information content (AvgIpc) is 2.67. The van der Waals surface area contributed by atoms with Crippen molar-refractivity contribution in [3.63, 3.8) is 0 Å². The highest BCUT2D eigenvalue weighted by atomic mass is 35.5. The van der Waals surface area contributed by atoms with Crippen LogP contribution < -0.4 is 5.73 Å². The molecule has 0 bridgehead atoms. The lowest BCUT2D eigenvalue weighted by Crippen LogP contribution is -2.00. The topological polar surface area (TPSA) is 43.3 Å². The van der Waals surface area contributed by atoms with Crippen LogP contribution in [0, 0.1) is 13.8 Å². The molecule has 2 aromatic heterocycles. The van der Waals surface area contributed by atoms with Crippen molar-refractivity contribution in [2.24, 2.45) is 0 Å². The van der Waals surface area contributed by atoms with Gasteiger partial charge < -0.3 is 5.73 Å². The Kier molecular flexibility index (Phi) is 3.11. The summed E-state index contributed by atoms with van der Waals surface area (Å²) in [6.45, 7) is 3.93. The number of nitrogen functional groups attached to an aromatic ring is 1. The van der Waals surface area contributed by atoms with Crippen LogP contribution in [-0.2, 0) is 0 Å². The summed E-state index contributed by atoms with van der Waals surface area (Å²) in [4.78, 5) is 0. The van der Waals surface area contributed by atoms with Gasteiger partial charge in [-0.15, -0.1) is 0 Å². The van der Waals surface area contributed by atoms with Gasteiger partial charge in [0.15, 0.2) is 0 Å². The lowest BCUT2D eigenvalue weighted by Gasteiger charge is -2.08. The van der Waals surface area contributed by atoms with Crippen LogP contribution in [0.2, 0.25) is 10.0 Å². The smallest absolute Gasteiger partial charge is 0.0886 e. The van der Waals surface area contributed by atoms with Gasteiger partial charge in [0.1, 0.15) is 0 Å². The van der Waals surface area contributed by atoms with Crippen LogP contribution in [0.25, 0.3) is 16.8 Å². The van der Waals surface area contributed by atoms with Crippen molar-refractivity contribution < 1.29 is 0 Å². The van der Waals surface area contributed by atoms with E-state index in [1.807, 2.05) is 42.6 Å². The van der Waals surface area contributed by atoms with Crippen molar-refractivity contribution in [1.82, 2.24) is 9.61 Å². The first-order valence-corrected chi connectivity index (χ1v) is 6.94. The average molecular weight is 306 g/mol. The molecule has 3 rings (SSSR count). The molecule has 3 nitrogen and oxygen atoms in total. The van der Waals surface area contributed by atoms with E-state index in [1.165, 1.54) is 0 Å². The van der Waals surface area contributed by atoms with E-state index < -0.39 is 0 Å². The van der Waals surface area contributed by atoms with Gasteiger partial charge in [0.05, 0.1) is 27.6 Å². The minimum Gasteiger partial charge on any atom is -0.397 e. The minimum absolute atomic E-state index is 0.600. The molecule has 0 saturated carbocycles. The fourth-order valence-electron chi connectivity index (χ4n) is 2.43. The molecule has 0 saturated heterocycles. The Morgan fingerprint density at radius 1 is 1.10 bits per heavy atom. The summed E-state index contributed by atoms with van der Waals surface area (Å²) < 4.78 is 1.84. The van der Waals surface area contributed by atoms with Gasteiger partial charge in [-0.05, 0) is 49.7 Å². The number of fused-ring (bicyclic) bond motifs is 1. The lowest BCUT2D eigenvalue weighted by atomic mass is 10.1. The molecule has 3 aromatic rings. The molecule has 2 heterocycles. The molecule has 0 radical (unpaired) electrons. The summed E-state index contributed by atoms with van der Waals surface area (Å²) in [6.07, 6.45) is 0. The summed E-state index contributed by atoms with van der Waals surface area (Å²) in [5, 5.41) is 5.75. The van der Waals surface area contributed by atoms with Gasteiger partial charge in [0.2, 0.25) is 0 Å². The van der Waals surface area contributed by atoms with Gasteiger partial charge in [0.25, 0.3) is 0 Å². The number of hydrogen-bond acceptors (Lipinski definition) is 2. The number of nitrogens with two attached hydrogens (primary N) is 1. The molecule has 0 amide bonds. The van der Waals surface area contributed by atoms with E-state index in [9.17, 15) is 0 Å². The fourth-order valence-corrected chi connectivity index (χ4v) is 2.92. The van der Waals surface area contributed by atoms with Crippen molar-refractivity contribution in [2.75, 3.05) is 5.73 Å². The highest BCUT2D eigenvalue weighted by Crippen LogP contribution is 2.34. The molecule has 1 aromatic carbocycles. The van der Waals surface area contributed by atoms with Gasteiger partial charge in [-0.3, -0.25) is 0 Å². The molecular weight excluding hydrogens is 293 g/mol. The number of nitrogens with zero attached hydrogens (tertiary/aromatic N) is 2. The maximum atomic E-state index is 6.32. The van der Waals surface area contributed by atoms with E-state index in [0.29, 0.717) is 15.7 Å². The SMILES string of the molecule is Cc1cc(N)c2cc(C)c(-c3ccc(Cl)cc3Cl)n2n1. The third-order valence-corrected chi connectivity index (χ3v) is 3.82. The zero-order valence-electron chi connectivity index (χ0n) is 11.1. The number of hydrogen-bond donors (Lipinski definition) is 1. The molecule has 0 aliphatic rings. The normalized spacial score (nSPS) is 11.2. The van der Waals surface area contributed by atoms with E-state index in [4.69, 9.17) is 28.9 Å². The zero-order valence-corrected chi connectivity index (χ0v) is 12.6. The molecule has 0 spiro atoms. The van der Waals surface area contributed by atoms with Crippen molar-refractivity contribution in [3.05, 3.63) is 51.6 Å². The number of benzene rings is 1. The first kappa shape index (κ1) is 13.3. The molecule has 0 aliphatic heterocycles. The lowest BCUT2D eigenvalue weighted by molar-refractivity contribution is 0.912. The Labute approximate surface area is 126 Å². The highest BCUT2D eigenvalue weighted by Gasteiger charge is 2.15. The monoisotopic (exact) mass is 305 g/mol. The second-order valence-corrected chi connectivity index (χ2v) is 5.68. The van der Waals surface area contributed by atoms with Gasteiger partial charge in [-0.2, -0.15) is 5.10 Å². The first-order chi connectivity index (χ1) is 9.47. The van der Waals surface area contributed by atoms with Crippen LogP contribution >= 0.6 is 23.2 Å². The maximum absolute atomic E-state index is 6.32. The highest BCUT2D eigenvalue weighted by molar-refractivity contribution is 6.36. The fraction of sp³-hybridized carbons (Fsp3) is 0.133. The summed E-state index contributed by atoms with van der Waals surface area (Å²) >= 11 is 12.3. The second kappa shape index (κ2) is 4.69. The number of anilines is 1. The largest absolute Gasteiger partial charge is 0.397 e. The van der Waals surface area contributed by atoms with Crippen molar-refractivity contribution in [1.29, 1.82) is 0 Å². The van der Waals surface area contributed by atoms with Crippen LogP contribution in [0.3, 0.4) is 0 Å². The van der Waals surface area contributed by atoms with Crippen LogP contribution in [0.5, 0.6) is 0 Å². The molecule has 0 unspecified atom stereocenters. The van der Waals surface area contributed by atoms with Crippen LogP contribution in [0.1, 0.15) is 11.3 Å². The van der Waals surface area contributed by atoms with E-state index in [-0.39, 0.29) is 0 Å². The zero-order chi connectivity index (χ0) is 14.4. The van der Waals surface area contributed by atoms with E-state index in [2.05, 4.69) is 5.10 Å². The molecule has 5 heteroatoms. The van der Waals surface area contributed by atoms with Gasteiger partial charge >= 0.3 is 0 Å². The van der Waals surface area contributed by atoms with Crippen LogP contribution in [0.4, 0.5) is 5.69 Å². The third kappa shape index (κ3) is 2.03. The first-order valence-electron chi connectivity index (χ1n) is 6.18. The standard InChI is InChI=1S/C15H13Cl2N3/c1-8-5-14-13(18)6-9(2)19-20(14)15(8)11-4-3-10(16)7-12(11)17/h3-7H,18H2,1-2H3. The molecule has 0 atom stereocenters. The predicted molar refractivity (Wildman–Crippen MR) is 84.5 cm³/mol. The quantitative estimate of drug-likeness (QED) is 0.719. The van der Waals surface area contributed by atoms with Gasteiger partial charge in [-0.1, -0.05) is 23.2 Å². The Morgan fingerprint density at radius 2 is 1.85 bits per heavy atom. The number of rotatable bonds is 1. The number of halogens is 2. The second-order valence-electron chi connectivity index (χ2n) is 4.84. The predicted octanol–water partition coefficient (Wildman–Crippen LogP) is 4.51. The maximum Gasteiger partial charge on any atom is 0.0886 e. The summed E-state index contributed by atoms with van der Waals surface area (Å²) in [5.41, 5.74) is 11.4. The Hall–Kier alpha value is -1.71. The van der Waals surface area contributed by atoms with E-state index in [1.54, 1.807) is 6.07 Å². The summed E-state index contributed by atoms with van der Waals surface area (Å²) in [5.74, 6) is 0. The minimum atomic E-state index is 0.600. The van der Waals surface area contributed by atoms with Crippen molar-refractivity contribution >= 4 is 34.4 Å². The molecular formula is C15H13Cl2N3. The van der Waals surface area contributed by atoms with E-state index >= 15 is 0 Å². The van der Waals surface area contributed by atoms with Crippen LogP contribution in [0.15, 0.2) is 30.3 Å². The van der Waals surface area contributed by atoms with Gasteiger partial charge in [-0.25, -0.2) is 4.52 Å². The molecule has 20 heavy (non-hydrogen) atoms. The van der Waals surface area contributed by atoms with E-state index in [0.717, 1.165) is 28.0 Å². The van der Waals surface area contributed by atoms with Crippen molar-refractivity contribution in [2.45, 2.75) is 13.8 Å². The van der Waals surface area contributed by atoms with Gasteiger partial charge in [0, 0.05) is 10.6 Å². The number of aryl methyl sites for hydroxylation is 2. The third-order valence-electron chi connectivity index (χ3n) is 3.27. The van der Waals surface area contributed by atoms with Crippen molar-refractivity contribution in [3.8, 4) is 11.3 Å². The summed E-state index contributed by atoms with van der Waals surface area (Å²) in [7, 11) is 0. The summed E-state index contributed by atoms with van der Waals surface area (Å²) in [6, 6.07) is 9.33. The number of aromatic nitrogens is 2. The van der Waals surface area contributed by atoms with Crippen LogP contribution in [-0.4, -0.2) is 9.61 Å². The Balaban J connectivity index is 2.38. The molecule has 0 aliphatic carbocycles. The molecule has 102 valence electrons.